The summed E-state index contributed by atoms with van der Waals surface area (Å²) < 4.78 is 8.22. The molecule has 0 rings (SSSR count). The summed E-state index contributed by atoms with van der Waals surface area (Å²) in [6.45, 7) is 1.62. The Morgan fingerprint density at radius 3 is 2.67 bits per heavy atom. The molecule has 0 aromatic rings. The van der Waals surface area contributed by atoms with Crippen molar-refractivity contribution < 1.29 is 14.5 Å². The monoisotopic (exact) mass is 150 g/mol. The molecule has 0 radical (unpaired) electrons. The molecule has 54 valence electrons. The molecular weight excluding hydrogens is 140 g/mol. The Balaban J connectivity index is 3.27. The molecule has 0 aliphatic heterocycles. The Hall–Kier alpha value is -0.220. The number of hydrogen-bond donors (Lipinski definition) is 2. The number of aliphatic carboxylic acids is 1. The van der Waals surface area contributed by atoms with Crippen molar-refractivity contribution in [1.29, 1.82) is 0 Å². The van der Waals surface area contributed by atoms with Gasteiger partial charge in [-0.2, -0.15) is 0 Å². The first-order chi connectivity index (χ1) is 4.18. The van der Waals surface area contributed by atoms with E-state index in [2.05, 4.69) is 0 Å². The third-order valence-electron chi connectivity index (χ3n) is 1.06. The van der Waals surface area contributed by atoms with Crippen molar-refractivity contribution in [1.82, 2.24) is 0 Å². The molecule has 9 heavy (non-hydrogen) atoms. The predicted octanol–water partition coefficient (Wildman–Crippen LogP) is 1.30. The Kier molecular flexibility index (Phi) is 4.53. The van der Waals surface area contributed by atoms with Gasteiger partial charge in [-0.05, 0) is 18.5 Å². The van der Waals surface area contributed by atoms with Crippen LogP contribution in [0.2, 0.25) is 0 Å². The molecule has 0 aromatic carbocycles. The fourth-order valence-corrected chi connectivity index (χ4v) is 0.812. The van der Waals surface area contributed by atoms with Gasteiger partial charge in [0.25, 0.3) is 0 Å². The van der Waals surface area contributed by atoms with Crippen LogP contribution in [0.25, 0.3) is 0 Å². The van der Waals surface area contributed by atoms with E-state index in [4.69, 9.17) is 9.66 Å². The van der Waals surface area contributed by atoms with E-state index in [0.717, 1.165) is 0 Å². The summed E-state index contributed by atoms with van der Waals surface area (Å²) in [5.74, 6) is -0.651. The van der Waals surface area contributed by atoms with Gasteiger partial charge in [-0.15, -0.1) is 0 Å². The summed E-state index contributed by atoms with van der Waals surface area (Å²) in [7, 11) is 0. The molecule has 0 aliphatic carbocycles. The Morgan fingerprint density at radius 1 is 1.78 bits per heavy atom. The molecule has 0 fully saturated rings. The first kappa shape index (κ1) is 8.78. The van der Waals surface area contributed by atoms with E-state index < -0.39 is 5.97 Å². The van der Waals surface area contributed by atoms with Gasteiger partial charge in [0.15, 0.2) is 0 Å². The van der Waals surface area contributed by atoms with E-state index in [1.165, 1.54) is 0 Å². The average molecular weight is 150 g/mol. The van der Waals surface area contributed by atoms with Gasteiger partial charge in [0.2, 0.25) is 0 Å². The van der Waals surface area contributed by atoms with Gasteiger partial charge in [-0.25, -0.2) is 0 Å². The second-order valence-corrected chi connectivity index (χ2v) is 2.53. The van der Waals surface area contributed by atoms with Gasteiger partial charge in [0, 0.05) is 5.75 Å². The maximum atomic E-state index is 10.1. The van der Waals surface area contributed by atoms with E-state index in [-0.39, 0.29) is 5.92 Å². The van der Waals surface area contributed by atoms with Gasteiger partial charge >= 0.3 is 5.97 Å². The lowest BCUT2D eigenvalue weighted by Gasteiger charge is -2.01. The molecule has 0 aromatic heterocycles. The molecule has 4 heteroatoms. The summed E-state index contributed by atoms with van der Waals surface area (Å²) in [5, 5.41) is 8.32. The highest BCUT2D eigenvalue weighted by Gasteiger charge is 2.08. The zero-order valence-electron chi connectivity index (χ0n) is 5.20. The van der Waals surface area contributed by atoms with Crippen LogP contribution in [0.3, 0.4) is 0 Å². The van der Waals surface area contributed by atoms with Crippen molar-refractivity contribution in [2.24, 2.45) is 5.92 Å². The molecule has 0 heterocycles. The van der Waals surface area contributed by atoms with Gasteiger partial charge < -0.3 is 9.66 Å². The highest BCUT2D eigenvalue weighted by atomic mass is 32.2. The van der Waals surface area contributed by atoms with Crippen LogP contribution < -0.4 is 0 Å². The van der Waals surface area contributed by atoms with Crippen LogP contribution in [0, 0.1) is 5.92 Å². The van der Waals surface area contributed by atoms with Crippen LogP contribution in [0.5, 0.6) is 0 Å². The lowest BCUT2D eigenvalue weighted by Crippen LogP contribution is -2.09. The average Bonchev–Trinajstić information content (AvgIpc) is 1.82. The zero-order valence-corrected chi connectivity index (χ0v) is 6.02. The summed E-state index contributed by atoms with van der Waals surface area (Å²) >= 11 is 0.684. The predicted molar refractivity (Wildman–Crippen MR) is 36.5 cm³/mol. The lowest BCUT2D eigenvalue weighted by atomic mass is 10.1. The van der Waals surface area contributed by atoms with Crippen LogP contribution in [0.15, 0.2) is 0 Å². The number of hydrogen-bond acceptors (Lipinski definition) is 3. The van der Waals surface area contributed by atoms with E-state index >= 15 is 0 Å². The summed E-state index contributed by atoms with van der Waals surface area (Å²) in [5.41, 5.74) is 0. The Morgan fingerprint density at radius 2 is 2.33 bits per heavy atom. The van der Waals surface area contributed by atoms with Crippen LogP contribution in [0.4, 0.5) is 0 Å². The third kappa shape index (κ3) is 4.29. The molecule has 0 aliphatic rings. The largest absolute Gasteiger partial charge is 0.481 e. The van der Waals surface area contributed by atoms with E-state index in [1.807, 2.05) is 0 Å². The molecule has 1 unspecified atom stereocenters. The molecule has 1 atom stereocenters. The normalized spacial score (nSPS) is 13.1. The highest BCUT2D eigenvalue weighted by Crippen LogP contribution is 2.05. The second-order valence-electron chi connectivity index (χ2n) is 1.86. The fourth-order valence-electron chi connectivity index (χ4n) is 0.353. The number of carboxylic acids is 1. The topological polar surface area (TPSA) is 57.5 Å². The zero-order chi connectivity index (χ0) is 7.28. The molecule has 0 amide bonds. The third-order valence-corrected chi connectivity index (χ3v) is 1.48. The Labute approximate surface area is 58.3 Å². The SMILES string of the molecule is CC(CCSO)C(=O)O. The maximum absolute atomic E-state index is 10.1. The van der Waals surface area contributed by atoms with Gasteiger partial charge in [-0.3, -0.25) is 4.79 Å². The summed E-state index contributed by atoms with van der Waals surface area (Å²) in [6.07, 6.45) is 0.524. The van der Waals surface area contributed by atoms with Gasteiger partial charge in [-0.1, -0.05) is 6.92 Å². The number of carbonyl (C=O) groups is 1. The van der Waals surface area contributed by atoms with Crippen molar-refractivity contribution in [2.75, 3.05) is 5.75 Å². The van der Waals surface area contributed by atoms with Crippen molar-refractivity contribution in [2.45, 2.75) is 13.3 Å². The summed E-state index contributed by atoms with van der Waals surface area (Å²) in [6, 6.07) is 0. The van der Waals surface area contributed by atoms with Crippen molar-refractivity contribution >= 4 is 18.0 Å². The van der Waals surface area contributed by atoms with Crippen molar-refractivity contribution in [3.63, 3.8) is 0 Å². The molecule has 0 bridgehead atoms. The first-order valence-electron chi connectivity index (χ1n) is 2.67. The molecule has 0 spiro atoms. The van der Waals surface area contributed by atoms with Crippen LogP contribution >= 0.6 is 12.0 Å². The first-order valence-corrected chi connectivity index (χ1v) is 3.62. The molecule has 0 saturated carbocycles. The van der Waals surface area contributed by atoms with Gasteiger partial charge in [0.05, 0.1) is 5.92 Å². The number of carboxylic acid groups (broad SMARTS) is 1. The van der Waals surface area contributed by atoms with Crippen LogP contribution in [0.1, 0.15) is 13.3 Å². The minimum Gasteiger partial charge on any atom is -0.481 e. The van der Waals surface area contributed by atoms with Crippen molar-refractivity contribution in [3.8, 4) is 0 Å². The van der Waals surface area contributed by atoms with E-state index in [1.54, 1.807) is 6.92 Å². The quantitative estimate of drug-likeness (QED) is 0.593. The van der Waals surface area contributed by atoms with Crippen LogP contribution in [-0.2, 0) is 4.79 Å². The van der Waals surface area contributed by atoms with Crippen LogP contribution in [-0.4, -0.2) is 21.4 Å². The second kappa shape index (κ2) is 4.64. The minimum absolute atomic E-state index is 0.343. The maximum Gasteiger partial charge on any atom is 0.306 e. The molecular formula is C5H10O3S. The highest BCUT2D eigenvalue weighted by molar-refractivity contribution is 7.93. The standard InChI is InChI=1S/C5H10O3S/c1-4(5(6)7)2-3-9-8/h4,8H,2-3H2,1H3,(H,6,7). The fraction of sp³-hybridized carbons (Fsp3) is 0.800. The minimum atomic E-state index is -0.802. The van der Waals surface area contributed by atoms with E-state index in [9.17, 15) is 4.79 Å². The lowest BCUT2D eigenvalue weighted by molar-refractivity contribution is -0.141. The van der Waals surface area contributed by atoms with E-state index in [0.29, 0.717) is 24.2 Å². The number of rotatable bonds is 4. The molecule has 2 N–H and O–H groups in total. The molecule has 3 nitrogen and oxygen atoms in total. The van der Waals surface area contributed by atoms with Gasteiger partial charge in [0.1, 0.15) is 0 Å². The van der Waals surface area contributed by atoms with Crippen molar-refractivity contribution in [3.05, 3.63) is 0 Å². The smallest absolute Gasteiger partial charge is 0.306 e. The molecule has 0 saturated heterocycles. The Bertz CT molecular complexity index is 94.2. The summed E-state index contributed by atoms with van der Waals surface area (Å²) in [4.78, 5) is 10.1.